The van der Waals surface area contributed by atoms with Gasteiger partial charge < -0.3 is 9.88 Å². The molecule has 0 bridgehead atoms. The number of thioether (sulfide) groups is 1. The van der Waals surface area contributed by atoms with Gasteiger partial charge in [0.1, 0.15) is 0 Å². The first-order chi connectivity index (χ1) is 11.8. The largest absolute Gasteiger partial charge is 0.355 e. The molecule has 3 aromatic heterocycles. The Morgan fingerprint density at radius 2 is 2.08 bits per heavy atom. The number of hydrogen-bond donors (Lipinski definition) is 1. The molecule has 0 aliphatic carbocycles. The lowest BCUT2D eigenvalue weighted by Gasteiger charge is -2.06. The van der Waals surface area contributed by atoms with Gasteiger partial charge in [-0.05, 0) is 36.2 Å². The van der Waals surface area contributed by atoms with Crippen LogP contribution in [0.3, 0.4) is 0 Å². The van der Waals surface area contributed by atoms with Crippen molar-refractivity contribution in [2.45, 2.75) is 25.0 Å². The van der Waals surface area contributed by atoms with Gasteiger partial charge in [0, 0.05) is 18.0 Å². The summed E-state index contributed by atoms with van der Waals surface area (Å²) in [6.07, 6.45) is 0.877. The summed E-state index contributed by atoms with van der Waals surface area (Å²) in [5.74, 6) is 1.25. The number of hydrogen-bond acceptors (Lipinski definition) is 6. The highest BCUT2D eigenvalue weighted by atomic mass is 32.2. The molecule has 0 aliphatic heterocycles. The molecular formula is C16H18N4OS3. The summed E-state index contributed by atoms with van der Waals surface area (Å²) in [6, 6.07) is 8.15. The third kappa shape index (κ3) is 4.25. The van der Waals surface area contributed by atoms with Gasteiger partial charge in [0.2, 0.25) is 5.91 Å². The van der Waals surface area contributed by atoms with Crippen LogP contribution in [-0.4, -0.2) is 33.0 Å². The van der Waals surface area contributed by atoms with Crippen LogP contribution in [0, 0.1) is 0 Å². The number of nitrogens with zero attached hydrogens (tertiary/aromatic N) is 3. The molecule has 0 atom stereocenters. The normalized spacial score (nSPS) is 10.9. The van der Waals surface area contributed by atoms with E-state index in [1.54, 1.807) is 22.7 Å². The Hall–Kier alpha value is -1.64. The maximum atomic E-state index is 12.0. The van der Waals surface area contributed by atoms with Crippen molar-refractivity contribution in [3.8, 4) is 10.7 Å². The van der Waals surface area contributed by atoms with E-state index >= 15 is 0 Å². The number of aromatic nitrogens is 3. The van der Waals surface area contributed by atoms with Crippen LogP contribution in [0.5, 0.6) is 0 Å². The molecule has 3 heterocycles. The van der Waals surface area contributed by atoms with E-state index in [0.29, 0.717) is 12.3 Å². The second-order valence-electron chi connectivity index (χ2n) is 5.00. The summed E-state index contributed by atoms with van der Waals surface area (Å²) < 4.78 is 2.05. The fraction of sp³-hybridized carbons (Fsp3) is 0.312. The van der Waals surface area contributed by atoms with Crippen molar-refractivity contribution in [3.63, 3.8) is 0 Å². The first kappa shape index (κ1) is 17.2. The Balaban J connectivity index is 1.52. The lowest BCUT2D eigenvalue weighted by Crippen LogP contribution is -2.27. The molecule has 1 N–H and O–H groups in total. The SMILES string of the molecule is CCn1c(SCC(=O)NCCc2cccs2)nnc1-c1cccs1. The van der Waals surface area contributed by atoms with Gasteiger partial charge in [-0.3, -0.25) is 4.79 Å². The Morgan fingerprint density at radius 1 is 1.25 bits per heavy atom. The van der Waals surface area contributed by atoms with Crippen molar-refractivity contribution in [2.24, 2.45) is 0 Å². The van der Waals surface area contributed by atoms with Crippen LogP contribution in [0.15, 0.2) is 40.2 Å². The first-order valence-electron chi connectivity index (χ1n) is 7.67. The van der Waals surface area contributed by atoms with Crippen LogP contribution in [0.4, 0.5) is 0 Å². The Bertz CT molecular complexity index is 765. The molecule has 24 heavy (non-hydrogen) atoms. The molecule has 3 aromatic rings. The average Bonchev–Trinajstić information content (AvgIpc) is 3.32. The van der Waals surface area contributed by atoms with Gasteiger partial charge in [0.05, 0.1) is 10.6 Å². The van der Waals surface area contributed by atoms with E-state index in [1.165, 1.54) is 16.6 Å². The summed E-state index contributed by atoms with van der Waals surface area (Å²) in [4.78, 5) is 14.4. The van der Waals surface area contributed by atoms with Gasteiger partial charge in [0.25, 0.3) is 0 Å². The molecule has 0 saturated carbocycles. The molecule has 0 aliphatic rings. The van der Waals surface area contributed by atoms with E-state index in [-0.39, 0.29) is 5.91 Å². The van der Waals surface area contributed by atoms with Crippen LogP contribution >= 0.6 is 34.4 Å². The molecule has 0 radical (unpaired) electrons. The van der Waals surface area contributed by atoms with E-state index in [4.69, 9.17) is 0 Å². The zero-order valence-electron chi connectivity index (χ0n) is 13.3. The first-order valence-corrected chi connectivity index (χ1v) is 10.4. The number of thiophene rings is 2. The average molecular weight is 379 g/mol. The van der Waals surface area contributed by atoms with Gasteiger partial charge in [-0.1, -0.05) is 23.9 Å². The van der Waals surface area contributed by atoms with Crippen molar-refractivity contribution in [1.82, 2.24) is 20.1 Å². The number of rotatable bonds is 8. The predicted molar refractivity (Wildman–Crippen MR) is 101 cm³/mol. The van der Waals surface area contributed by atoms with Crippen LogP contribution in [-0.2, 0) is 17.8 Å². The molecule has 0 fully saturated rings. The monoisotopic (exact) mass is 378 g/mol. The fourth-order valence-corrected chi connectivity index (χ4v) is 4.49. The molecule has 0 spiro atoms. The number of carbonyl (C=O) groups is 1. The summed E-state index contributed by atoms with van der Waals surface area (Å²) >= 11 is 4.79. The Labute approximate surface area is 153 Å². The van der Waals surface area contributed by atoms with Crippen LogP contribution in [0.25, 0.3) is 10.7 Å². The second kappa shape index (κ2) is 8.46. The topological polar surface area (TPSA) is 59.8 Å². The fourth-order valence-electron chi connectivity index (χ4n) is 2.23. The van der Waals surface area contributed by atoms with E-state index in [2.05, 4.69) is 38.5 Å². The quantitative estimate of drug-likeness (QED) is 0.609. The maximum absolute atomic E-state index is 12.0. The molecule has 0 aromatic carbocycles. The standard InChI is InChI=1S/C16H18N4OS3/c1-2-20-15(13-6-4-10-23-13)18-19-16(20)24-11-14(21)17-8-7-12-5-3-9-22-12/h3-6,9-10H,2,7-8,11H2,1H3,(H,17,21). The van der Waals surface area contributed by atoms with Crippen molar-refractivity contribution in [3.05, 3.63) is 39.9 Å². The van der Waals surface area contributed by atoms with Crippen molar-refractivity contribution in [1.29, 1.82) is 0 Å². The number of carbonyl (C=O) groups excluding carboxylic acids is 1. The Kier molecular flexibility index (Phi) is 6.06. The summed E-state index contributed by atoms with van der Waals surface area (Å²) in [6.45, 7) is 3.51. The molecule has 3 rings (SSSR count). The lowest BCUT2D eigenvalue weighted by molar-refractivity contribution is -0.118. The molecular weight excluding hydrogens is 360 g/mol. The number of amides is 1. The van der Waals surface area contributed by atoms with Gasteiger partial charge in [0.15, 0.2) is 11.0 Å². The predicted octanol–water partition coefficient (Wildman–Crippen LogP) is 3.54. The van der Waals surface area contributed by atoms with Gasteiger partial charge in [-0.2, -0.15) is 0 Å². The van der Waals surface area contributed by atoms with Gasteiger partial charge in [-0.15, -0.1) is 32.9 Å². The number of nitrogens with one attached hydrogen (secondary N) is 1. The van der Waals surface area contributed by atoms with Gasteiger partial charge >= 0.3 is 0 Å². The van der Waals surface area contributed by atoms with Crippen LogP contribution in [0.1, 0.15) is 11.8 Å². The lowest BCUT2D eigenvalue weighted by atomic mass is 10.3. The molecule has 1 amide bonds. The van der Waals surface area contributed by atoms with Crippen LogP contribution < -0.4 is 5.32 Å². The third-order valence-corrected chi connectivity index (χ3v) is 6.15. The summed E-state index contributed by atoms with van der Waals surface area (Å²) in [7, 11) is 0. The van der Waals surface area contributed by atoms with Crippen LogP contribution in [0.2, 0.25) is 0 Å². The molecule has 126 valence electrons. The minimum Gasteiger partial charge on any atom is -0.355 e. The third-order valence-electron chi connectivity index (χ3n) is 3.38. The minimum atomic E-state index is 0.0277. The van der Waals surface area contributed by atoms with Crippen molar-refractivity contribution >= 4 is 40.3 Å². The zero-order valence-corrected chi connectivity index (χ0v) is 15.7. The highest BCUT2D eigenvalue weighted by Crippen LogP contribution is 2.26. The zero-order chi connectivity index (χ0) is 16.8. The van der Waals surface area contributed by atoms with Gasteiger partial charge in [-0.25, -0.2) is 0 Å². The molecule has 8 heteroatoms. The highest BCUT2D eigenvalue weighted by Gasteiger charge is 2.15. The van der Waals surface area contributed by atoms with E-state index in [9.17, 15) is 4.79 Å². The van der Waals surface area contributed by atoms with Crippen molar-refractivity contribution in [2.75, 3.05) is 12.3 Å². The van der Waals surface area contributed by atoms with E-state index in [0.717, 1.165) is 28.8 Å². The van der Waals surface area contributed by atoms with E-state index < -0.39 is 0 Å². The molecule has 0 saturated heterocycles. The van der Waals surface area contributed by atoms with Crippen molar-refractivity contribution < 1.29 is 4.79 Å². The second-order valence-corrected chi connectivity index (χ2v) is 7.92. The maximum Gasteiger partial charge on any atom is 0.230 e. The molecule has 0 unspecified atom stereocenters. The smallest absolute Gasteiger partial charge is 0.230 e. The summed E-state index contributed by atoms with van der Waals surface area (Å²) in [5, 5.41) is 16.3. The highest BCUT2D eigenvalue weighted by molar-refractivity contribution is 7.99. The summed E-state index contributed by atoms with van der Waals surface area (Å²) in [5.41, 5.74) is 0. The van der Waals surface area contributed by atoms with E-state index in [1.807, 2.05) is 23.6 Å². The molecule has 5 nitrogen and oxygen atoms in total. The Morgan fingerprint density at radius 3 is 2.79 bits per heavy atom. The minimum absolute atomic E-state index is 0.0277.